The first-order valence-corrected chi connectivity index (χ1v) is 11.7. The Kier molecular flexibility index (Phi) is 5.33. The number of nitrogens with zero attached hydrogens (tertiary/aromatic N) is 1. The molecule has 2 aromatic carbocycles. The summed E-state index contributed by atoms with van der Waals surface area (Å²) >= 11 is 0. The summed E-state index contributed by atoms with van der Waals surface area (Å²) in [7, 11) is 0. The van der Waals surface area contributed by atoms with Gasteiger partial charge < -0.3 is 9.64 Å². The van der Waals surface area contributed by atoms with Gasteiger partial charge in [-0.2, -0.15) is 0 Å². The third-order valence-electron chi connectivity index (χ3n) is 7.49. The molecular weight excluding hydrogens is 386 g/mol. The van der Waals surface area contributed by atoms with E-state index in [1.807, 2.05) is 18.7 Å². The van der Waals surface area contributed by atoms with Crippen LogP contribution in [0, 0.1) is 11.8 Å². The van der Waals surface area contributed by atoms with E-state index in [2.05, 4.69) is 48.5 Å². The topological polar surface area (TPSA) is 46.6 Å². The maximum atomic E-state index is 13.2. The highest BCUT2D eigenvalue weighted by molar-refractivity contribution is 5.83. The SMILES string of the molecule is CC(C)C(=O)C1CC2CCCC(C1)N2C(=O)OCC1c2ccccc2-c2ccccc21. The van der Waals surface area contributed by atoms with E-state index in [1.165, 1.54) is 22.3 Å². The Morgan fingerprint density at radius 1 is 0.935 bits per heavy atom. The van der Waals surface area contributed by atoms with Crippen molar-refractivity contribution in [3.63, 3.8) is 0 Å². The van der Waals surface area contributed by atoms with Crippen LogP contribution in [0.3, 0.4) is 0 Å². The fourth-order valence-corrected chi connectivity index (χ4v) is 6.05. The second-order valence-electron chi connectivity index (χ2n) is 9.68. The molecule has 0 spiro atoms. The Balaban J connectivity index is 1.31. The molecule has 2 heterocycles. The first kappa shape index (κ1) is 20.3. The van der Waals surface area contributed by atoms with Crippen molar-refractivity contribution < 1.29 is 14.3 Å². The van der Waals surface area contributed by atoms with Crippen molar-refractivity contribution in [1.82, 2.24) is 4.90 Å². The van der Waals surface area contributed by atoms with Gasteiger partial charge in [-0.1, -0.05) is 62.4 Å². The fraction of sp³-hybridized carbons (Fsp3) is 0.481. The summed E-state index contributed by atoms with van der Waals surface area (Å²) in [4.78, 5) is 27.8. The molecular formula is C27H31NO3. The van der Waals surface area contributed by atoms with Crippen molar-refractivity contribution in [1.29, 1.82) is 0 Å². The molecule has 2 fully saturated rings. The minimum absolute atomic E-state index is 0.0618. The number of ketones is 1. The minimum Gasteiger partial charge on any atom is -0.448 e. The van der Waals surface area contributed by atoms with Crippen LogP contribution in [-0.2, 0) is 9.53 Å². The number of carbonyl (C=O) groups is 2. The van der Waals surface area contributed by atoms with Crippen molar-refractivity contribution in [2.24, 2.45) is 11.8 Å². The van der Waals surface area contributed by atoms with Crippen LogP contribution in [0.5, 0.6) is 0 Å². The van der Waals surface area contributed by atoms with Crippen LogP contribution in [-0.4, -0.2) is 35.5 Å². The molecule has 4 nitrogen and oxygen atoms in total. The average Bonchev–Trinajstić information content (AvgIpc) is 3.09. The van der Waals surface area contributed by atoms with Gasteiger partial charge in [-0.3, -0.25) is 4.79 Å². The molecule has 1 amide bonds. The summed E-state index contributed by atoms with van der Waals surface area (Å²) in [6.07, 6.45) is 4.46. The maximum absolute atomic E-state index is 13.2. The Morgan fingerprint density at radius 3 is 2.03 bits per heavy atom. The van der Waals surface area contributed by atoms with Crippen LogP contribution in [0.15, 0.2) is 48.5 Å². The minimum atomic E-state index is -0.202. The molecule has 2 bridgehead atoms. The van der Waals surface area contributed by atoms with Gasteiger partial charge in [-0.05, 0) is 54.4 Å². The molecule has 2 aliphatic heterocycles. The lowest BCUT2D eigenvalue weighted by Crippen LogP contribution is -2.56. The standard InChI is InChI=1S/C27H31NO3/c1-17(2)26(29)18-14-19-8-7-9-20(15-18)28(19)27(30)31-16-25-23-12-5-3-10-21(23)22-11-4-6-13-24(22)25/h3-6,10-13,17-20,25H,7-9,14-16H2,1-2H3. The lowest BCUT2D eigenvalue weighted by Gasteiger charge is -2.48. The molecule has 1 aliphatic carbocycles. The molecule has 2 saturated heterocycles. The van der Waals surface area contributed by atoms with Crippen LogP contribution in [0.1, 0.15) is 63.0 Å². The van der Waals surface area contributed by atoms with Gasteiger partial charge in [0.05, 0.1) is 0 Å². The number of ether oxygens (including phenoxy) is 1. The average molecular weight is 418 g/mol. The van der Waals surface area contributed by atoms with Crippen LogP contribution < -0.4 is 0 Å². The first-order valence-electron chi connectivity index (χ1n) is 11.7. The van der Waals surface area contributed by atoms with Crippen molar-refractivity contribution in [2.75, 3.05) is 6.61 Å². The number of Topliss-reactive ketones (excluding diaryl/α,β-unsaturated/α-hetero) is 1. The Morgan fingerprint density at radius 2 is 1.48 bits per heavy atom. The molecule has 162 valence electrons. The number of hydrogen-bond donors (Lipinski definition) is 0. The highest BCUT2D eigenvalue weighted by Crippen LogP contribution is 2.45. The van der Waals surface area contributed by atoms with Crippen molar-refractivity contribution in [2.45, 2.75) is 64.0 Å². The Bertz CT molecular complexity index is 938. The second kappa shape index (κ2) is 8.14. The van der Waals surface area contributed by atoms with Crippen LogP contribution >= 0.6 is 0 Å². The van der Waals surface area contributed by atoms with Crippen LogP contribution in [0.25, 0.3) is 11.1 Å². The van der Waals surface area contributed by atoms with Gasteiger partial charge in [0.15, 0.2) is 0 Å². The molecule has 31 heavy (non-hydrogen) atoms. The lowest BCUT2D eigenvalue weighted by atomic mass is 9.75. The molecule has 0 aromatic heterocycles. The predicted molar refractivity (Wildman–Crippen MR) is 121 cm³/mol. The quantitative estimate of drug-likeness (QED) is 0.632. The third-order valence-corrected chi connectivity index (χ3v) is 7.49. The fourth-order valence-electron chi connectivity index (χ4n) is 6.05. The van der Waals surface area contributed by atoms with Gasteiger partial charge in [0.25, 0.3) is 0 Å². The first-order chi connectivity index (χ1) is 15.0. The molecule has 2 aromatic rings. The van der Waals surface area contributed by atoms with Crippen molar-refractivity contribution in [3.05, 3.63) is 59.7 Å². The summed E-state index contributed by atoms with van der Waals surface area (Å²) in [5.74, 6) is 0.583. The zero-order valence-electron chi connectivity index (χ0n) is 18.4. The number of amides is 1. The highest BCUT2D eigenvalue weighted by Gasteiger charge is 2.44. The number of rotatable bonds is 4. The smallest absolute Gasteiger partial charge is 0.410 e. The van der Waals surface area contributed by atoms with Gasteiger partial charge in [0.2, 0.25) is 0 Å². The van der Waals surface area contributed by atoms with Crippen LogP contribution in [0.4, 0.5) is 4.79 Å². The van der Waals surface area contributed by atoms with E-state index in [4.69, 9.17) is 4.74 Å². The summed E-state index contributed by atoms with van der Waals surface area (Å²) in [6.45, 7) is 4.32. The van der Waals surface area contributed by atoms with Crippen molar-refractivity contribution >= 4 is 11.9 Å². The zero-order valence-corrected chi connectivity index (χ0v) is 18.4. The summed E-state index contributed by atoms with van der Waals surface area (Å²) in [5.41, 5.74) is 4.95. The molecule has 0 radical (unpaired) electrons. The van der Waals surface area contributed by atoms with E-state index < -0.39 is 0 Å². The van der Waals surface area contributed by atoms with E-state index in [9.17, 15) is 9.59 Å². The number of fused-ring (bicyclic) bond motifs is 5. The molecule has 0 N–H and O–H groups in total. The van der Waals surface area contributed by atoms with E-state index in [1.54, 1.807) is 0 Å². The van der Waals surface area contributed by atoms with E-state index in [0.717, 1.165) is 32.1 Å². The van der Waals surface area contributed by atoms with Gasteiger partial charge in [0, 0.05) is 29.8 Å². The van der Waals surface area contributed by atoms with Crippen LogP contribution in [0.2, 0.25) is 0 Å². The zero-order chi connectivity index (χ0) is 21.5. The van der Waals surface area contributed by atoms with Gasteiger partial charge in [0.1, 0.15) is 12.4 Å². The predicted octanol–water partition coefficient (Wildman–Crippen LogP) is 5.79. The van der Waals surface area contributed by atoms with E-state index in [-0.39, 0.29) is 35.9 Å². The Labute approximate surface area is 184 Å². The summed E-state index contributed by atoms with van der Waals surface area (Å²) < 4.78 is 5.96. The van der Waals surface area contributed by atoms with Gasteiger partial charge in [-0.15, -0.1) is 0 Å². The monoisotopic (exact) mass is 417 g/mol. The van der Waals surface area contributed by atoms with E-state index >= 15 is 0 Å². The molecule has 2 unspecified atom stereocenters. The molecule has 0 saturated carbocycles. The van der Waals surface area contributed by atoms with Crippen molar-refractivity contribution in [3.8, 4) is 11.1 Å². The van der Waals surface area contributed by atoms with E-state index in [0.29, 0.717) is 12.4 Å². The number of piperidine rings is 2. The molecule has 3 aliphatic rings. The number of hydrogen-bond acceptors (Lipinski definition) is 3. The number of carbonyl (C=O) groups excluding carboxylic acids is 2. The summed E-state index contributed by atoms with van der Waals surface area (Å²) in [6, 6.07) is 17.1. The highest BCUT2D eigenvalue weighted by atomic mass is 16.6. The summed E-state index contributed by atoms with van der Waals surface area (Å²) in [5, 5.41) is 0. The third kappa shape index (κ3) is 3.56. The lowest BCUT2D eigenvalue weighted by molar-refractivity contribution is -0.129. The molecule has 2 atom stereocenters. The normalized spacial score (nSPS) is 24.6. The maximum Gasteiger partial charge on any atom is 0.410 e. The van der Waals surface area contributed by atoms with Gasteiger partial charge in [-0.25, -0.2) is 4.79 Å². The number of benzene rings is 2. The molecule has 4 heteroatoms. The largest absolute Gasteiger partial charge is 0.448 e. The van der Waals surface area contributed by atoms with Gasteiger partial charge >= 0.3 is 6.09 Å². The molecule has 5 rings (SSSR count). The second-order valence-corrected chi connectivity index (χ2v) is 9.68. The Hall–Kier alpha value is -2.62.